The summed E-state index contributed by atoms with van der Waals surface area (Å²) in [6.45, 7) is 0.832. The van der Waals surface area contributed by atoms with Crippen molar-refractivity contribution in [3.8, 4) is 0 Å². The molecule has 6 nitrogen and oxygen atoms in total. The first-order valence-corrected chi connectivity index (χ1v) is 6.78. The molecule has 2 aliphatic rings. The highest BCUT2D eigenvalue weighted by atomic mass is 16.5. The summed E-state index contributed by atoms with van der Waals surface area (Å²) < 4.78 is 5.22. The zero-order chi connectivity index (χ0) is 14.4. The Bertz CT molecular complexity index is 737. The predicted molar refractivity (Wildman–Crippen MR) is 76.3 cm³/mol. The molecule has 0 aliphatic carbocycles. The van der Waals surface area contributed by atoms with Crippen LogP contribution in [0.3, 0.4) is 0 Å². The van der Waals surface area contributed by atoms with E-state index in [1.807, 2.05) is 6.07 Å². The number of fused-ring (bicyclic) bond motifs is 2. The van der Waals surface area contributed by atoms with Crippen molar-refractivity contribution in [2.75, 3.05) is 11.4 Å². The molecular formula is C14H12BN3O3. The summed E-state index contributed by atoms with van der Waals surface area (Å²) in [5.41, 5.74) is 3.09. The molecule has 0 unspecified atom stereocenters. The van der Waals surface area contributed by atoms with Gasteiger partial charge in [-0.2, -0.15) is 0 Å². The number of carbonyl (C=O) groups excluding carboxylic acids is 1. The van der Waals surface area contributed by atoms with Gasteiger partial charge in [-0.05, 0) is 29.6 Å². The first-order valence-electron chi connectivity index (χ1n) is 6.78. The Hall–Kier alpha value is -2.25. The largest absolute Gasteiger partial charge is 0.491 e. The van der Waals surface area contributed by atoms with Gasteiger partial charge in [-0.15, -0.1) is 0 Å². The molecule has 7 heteroatoms. The number of aromatic nitrogens is 2. The number of pyridine rings is 2. The molecule has 4 heterocycles. The summed E-state index contributed by atoms with van der Waals surface area (Å²) >= 11 is 0. The molecule has 104 valence electrons. The van der Waals surface area contributed by atoms with Gasteiger partial charge in [0.05, 0.1) is 12.2 Å². The van der Waals surface area contributed by atoms with Gasteiger partial charge in [0.25, 0.3) is 5.91 Å². The number of carbonyl (C=O) groups is 1. The van der Waals surface area contributed by atoms with Crippen LogP contribution in [0.4, 0.5) is 5.82 Å². The minimum atomic E-state index is -0.935. The van der Waals surface area contributed by atoms with Gasteiger partial charge in [0.1, 0.15) is 5.82 Å². The highest BCUT2D eigenvalue weighted by molar-refractivity contribution is 6.61. The second-order valence-corrected chi connectivity index (χ2v) is 5.11. The minimum absolute atomic E-state index is 0.105. The van der Waals surface area contributed by atoms with Crippen molar-refractivity contribution in [3.05, 3.63) is 47.4 Å². The van der Waals surface area contributed by atoms with E-state index in [-0.39, 0.29) is 12.5 Å². The van der Waals surface area contributed by atoms with Crippen molar-refractivity contribution < 1.29 is 14.5 Å². The lowest BCUT2D eigenvalue weighted by molar-refractivity contribution is 0.0979. The fourth-order valence-corrected chi connectivity index (χ4v) is 2.87. The van der Waals surface area contributed by atoms with Crippen LogP contribution < -0.4 is 10.4 Å². The Kier molecular flexibility index (Phi) is 2.76. The molecule has 2 aromatic rings. The van der Waals surface area contributed by atoms with Crippen LogP contribution in [0.15, 0.2) is 30.7 Å². The van der Waals surface area contributed by atoms with Crippen molar-refractivity contribution in [1.82, 2.24) is 9.97 Å². The monoisotopic (exact) mass is 281 g/mol. The molecule has 1 N–H and O–H groups in total. The number of amides is 1. The Morgan fingerprint density at radius 3 is 3.14 bits per heavy atom. The van der Waals surface area contributed by atoms with Gasteiger partial charge >= 0.3 is 7.12 Å². The molecule has 1 amide bonds. The quantitative estimate of drug-likeness (QED) is 0.739. The standard InChI is InChI=1S/C14H12BN3O3/c19-14-10-7-16-4-1-9(10)3-6-18(14)13-11-8-21-15(20)12(11)2-5-17-13/h1-2,4-5,7,20H,3,6,8H2. The molecule has 0 saturated carbocycles. The van der Waals surface area contributed by atoms with Gasteiger partial charge in [-0.25, -0.2) is 4.98 Å². The Morgan fingerprint density at radius 2 is 2.24 bits per heavy atom. The lowest BCUT2D eigenvalue weighted by Gasteiger charge is -2.28. The zero-order valence-electron chi connectivity index (χ0n) is 11.2. The second-order valence-electron chi connectivity index (χ2n) is 5.11. The molecule has 0 atom stereocenters. The molecule has 2 aromatic heterocycles. The fraction of sp³-hybridized carbons (Fsp3) is 0.214. The Morgan fingerprint density at radius 1 is 1.33 bits per heavy atom. The summed E-state index contributed by atoms with van der Waals surface area (Å²) in [6.07, 6.45) is 5.65. The summed E-state index contributed by atoms with van der Waals surface area (Å²) in [6, 6.07) is 3.60. The van der Waals surface area contributed by atoms with Crippen LogP contribution >= 0.6 is 0 Å². The van der Waals surface area contributed by atoms with E-state index in [0.29, 0.717) is 23.4 Å². The molecule has 0 spiro atoms. The van der Waals surface area contributed by atoms with E-state index in [0.717, 1.165) is 17.5 Å². The third-order valence-corrected chi connectivity index (χ3v) is 3.97. The normalized spacial score (nSPS) is 16.9. The number of hydrogen-bond acceptors (Lipinski definition) is 5. The smallest absolute Gasteiger partial charge is 0.423 e. The molecule has 0 fully saturated rings. The van der Waals surface area contributed by atoms with Gasteiger partial charge in [0, 0.05) is 30.7 Å². The van der Waals surface area contributed by atoms with Crippen molar-refractivity contribution >= 4 is 24.3 Å². The van der Waals surface area contributed by atoms with Crippen LogP contribution in [0.1, 0.15) is 21.5 Å². The van der Waals surface area contributed by atoms with Crippen LogP contribution in [-0.4, -0.2) is 34.6 Å². The molecule has 0 aromatic carbocycles. The summed E-state index contributed by atoms with van der Waals surface area (Å²) in [7, 11) is -0.935. The topological polar surface area (TPSA) is 75.6 Å². The lowest BCUT2D eigenvalue weighted by atomic mass is 9.80. The number of anilines is 1. The molecule has 2 aliphatic heterocycles. The van der Waals surface area contributed by atoms with Gasteiger partial charge in [0.15, 0.2) is 0 Å². The highest BCUT2D eigenvalue weighted by Gasteiger charge is 2.34. The molecule has 21 heavy (non-hydrogen) atoms. The molecule has 4 rings (SSSR count). The van der Waals surface area contributed by atoms with Crippen LogP contribution in [0.5, 0.6) is 0 Å². The molecular weight excluding hydrogens is 269 g/mol. The van der Waals surface area contributed by atoms with E-state index in [2.05, 4.69) is 9.97 Å². The number of nitrogens with zero attached hydrogens (tertiary/aromatic N) is 3. The maximum atomic E-state index is 12.6. The van der Waals surface area contributed by atoms with Crippen molar-refractivity contribution in [2.45, 2.75) is 13.0 Å². The van der Waals surface area contributed by atoms with Gasteiger partial charge in [-0.3, -0.25) is 14.7 Å². The third kappa shape index (κ3) is 1.85. The minimum Gasteiger partial charge on any atom is -0.423 e. The van der Waals surface area contributed by atoms with E-state index >= 15 is 0 Å². The summed E-state index contributed by atoms with van der Waals surface area (Å²) in [4.78, 5) is 22.6. The van der Waals surface area contributed by atoms with Crippen molar-refractivity contribution in [3.63, 3.8) is 0 Å². The van der Waals surface area contributed by atoms with Crippen LogP contribution in [0.25, 0.3) is 0 Å². The van der Waals surface area contributed by atoms with E-state index in [4.69, 9.17) is 4.65 Å². The SMILES string of the molecule is O=C1c2cnccc2CCN1c1nccc2c1COB2O. The highest BCUT2D eigenvalue weighted by Crippen LogP contribution is 2.26. The maximum Gasteiger partial charge on any atom is 0.491 e. The summed E-state index contributed by atoms with van der Waals surface area (Å²) in [5.74, 6) is 0.468. The van der Waals surface area contributed by atoms with Crippen molar-refractivity contribution in [1.29, 1.82) is 0 Å². The first-order chi connectivity index (χ1) is 10.3. The van der Waals surface area contributed by atoms with E-state index in [1.165, 1.54) is 0 Å². The average Bonchev–Trinajstić information content (AvgIpc) is 2.90. The molecule has 0 bridgehead atoms. The van der Waals surface area contributed by atoms with E-state index < -0.39 is 7.12 Å². The Balaban J connectivity index is 1.78. The van der Waals surface area contributed by atoms with Crippen LogP contribution in [-0.2, 0) is 17.7 Å². The van der Waals surface area contributed by atoms with Gasteiger partial charge in [0.2, 0.25) is 0 Å². The zero-order valence-corrected chi connectivity index (χ0v) is 11.2. The third-order valence-electron chi connectivity index (χ3n) is 3.97. The van der Waals surface area contributed by atoms with Gasteiger partial charge < -0.3 is 9.68 Å². The van der Waals surface area contributed by atoms with Crippen LogP contribution in [0, 0.1) is 0 Å². The number of hydrogen-bond donors (Lipinski definition) is 1. The average molecular weight is 281 g/mol. The first kappa shape index (κ1) is 12.5. The van der Waals surface area contributed by atoms with Crippen LogP contribution in [0.2, 0.25) is 0 Å². The molecule has 0 saturated heterocycles. The van der Waals surface area contributed by atoms with Gasteiger partial charge in [-0.1, -0.05) is 0 Å². The number of rotatable bonds is 1. The lowest BCUT2D eigenvalue weighted by Crippen LogP contribution is -2.40. The fourth-order valence-electron chi connectivity index (χ4n) is 2.87. The summed E-state index contributed by atoms with van der Waals surface area (Å²) in [5, 5.41) is 9.76. The second kappa shape index (κ2) is 4.65. The van der Waals surface area contributed by atoms with E-state index in [9.17, 15) is 9.82 Å². The molecule has 0 radical (unpaired) electrons. The van der Waals surface area contributed by atoms with E-state index in [1.54, 1.807) is 29.6 Å². The predicted octanol–water partition coefficient (Wildman–Crippen LogP) is -0.103. The Labute approximate surface area is 121 Å². The van der Waals surface area contributed by atoms with Crippen molar-refractivity contribution in [2.24, 2.45) is 0 Å². The maximum absolute atomic E-state index is 12.6.